The van der Waals surface area contributed by atoms with Crippen LogP contribution in [-0.4, -0.2) is 18.1 Å². The lowest BCUT2D eigenvalue weighted by Gasteiger charge is -2.22. The molecule has 0 aromatic carbocycles. The Kier molecular flexibility index (Phi) is 4.12. The summed E-state index contributed by atoms with van der Waals surface area (Å²) in [5.74, 6) is 0. The molecule has 1 aromatic heterocycles. The lowest BCUT2D eigenvalue weighted by atomic mass is 10.2. The number of hydrogen-bond donors (Lipinski definition) is 0. The molecule has 0 atom stereocenters. The monoisotopic (exact) mass is 200 g/mol. The van der Waals surface area contributed by atoms with Crippen LogP contribution in [0.15, 0.2) is 18.5 Å². The van der Waals surface area contributed by atoms with Crippen LogP contribution in [0.5, 0.6) is 0 Å². The molecule has 0 bridgehead atoms. The van der Waals surface area contributed by atoms with Crippen molar-refractivity contribution >= 4 is 5.69 Å². The van der Waals surface area contributed by atoms with Gasteiger partial charge in [-0.1, -0.05) is 0 Å². The Morgan fingerprint density at radius 2 is 2.27 bits per heavy atom. The summed E-state index contributed by atoms with van der Waals surface area (Å²) in [6.45, 7) is 3.39. The van der Waals surface area contributed by atoms with E-state index in [-0.39, 0.29) is 0 Å². The zero-order valence-corrected chi connectivity index (χ0v) is 8.64. The highest BCUT2D eigenvalue weighted by Gasteiger charge is 2.08. The van der Waals surface area contributed by atoms with E-state index < -0.39 is 0 Å². The van der Waals surface area contributed by atoms with Gasteiger partial charge in [0.05, 0.1) is 29.9 Å². The fourth-order valence-electron chi connectivity index (χ4n) is 1.37. The molecule has 4 nitrogen and oxygen atoms in total. The molecule has 0 saturated heterocycles. The van der Waals surface area contributed by atoms with E-state index in [0.717, 1.165) is 12.2 Å². The number of pyridine rings is 1. The molecule has 1 rings (SSSR count). The lowest BCUT2D eigenvalue weighted by Crippen LogP contribution is -2.24. The highest BCUT2D eigenvalue weighted by Crippen LogP contribution is 2.17. The van der Waals surface area contributed by atoms with Gasteiger partial charge >= 0.3 is 0 Å². The molecule has 0 unspecified atom stereocenters. The molecule has 0 saturated carbocycles. The number of nitrogens with zero attached hydrogens (tertiary/aromatic N) is 4. The van der Waals surface area contributed by atoms with Crippen LogP contribution in [0.4, 0.5) is 5.69 Å². The minimum atomic E-state index is 0.452. The Hall–Kier alpha value is -2.07. The first-order valence-electron chi connectivity index (χ1n) is 4.79. The summed E-state index contributed by atoms with van der Waals surface area (Å²) >= 11 is 0. The van der Waals surface area contributed by atoms with E-state index in [1.165, 1.54) is 0 Å². The first kappa shape index (κ1) is 11.0. The first-order chi connectivity index (χ1) is 7.33. The average Bonchev–Trinajstić information content (AvgIpc) is 2.30. The third kappa shape index (κ3) is 2.69. The van der Waals surface area contributed by atoms with Crippen LogP contribution in [0.3, 0.4) is 0 Å². The van der Waals surface area contributed by atoms with Gasteiger partial charge in [-0.15, -0.1) is 0 Å². The largest absolute Gasteiger partial charge is 0.368 e. The quantitative estimate of drug-likeness (QED) is 0.742. The number of hydrogen-bond acceptors (Lipinski definition) is 4. The molecule has 1 aromatic rings. The molecular formula is C11H12N4. The summed E-state index contributed by atoms with van der Waals surface area (Å²) in [5.41, 5.74) is 1.41. The SMILES string of the molecule is CCN(CCC#N)c1cnccc1C#N. The Balaban J connectivity index is 2.92. The minimum absolute atomic E-state index is 0.452. The zero-order valence-electron chi connectivity index (χ0n) is 8.64. The molecule has 0 N–H and O–H groups in total. The zero-order chi connectivity index (χ0) is 11.1. The van der Waals surface area contributed by atoms with Crippen LogP contribution >= 0.6 is 0 Å². The molecule has 0 amide bonds. The maximum Gasteiger partial charge on any atom is 0.101 e. The Labute approximate surface area is 89.4 Å². The van der Waals surface area contributed by atoms with Crippen molar-refractivity contribution in [3.8, 4) is 12.1 Å². The standard InChI is InChI=1S/C11H12N4/c1-2-15(7-3-5-12)11-9-14-6-4-10(11)8-13/h4,6,9H,2-3,7H2,1H3. The second-order valence-electron chi connectivity index (χ2n) is 2.99. The van der Waals surface area contributed by atoms with Crippen molar-refractivity contribution in [1.82, 2.24) is 4.98 Å². The molecule has 0 aliphatic rings. The van der Waals surface area contributed by atoms with E-state index in [9.17, 15) is 0 Å². The van der Waals surface area contributed by atoms with Gasteiger partial charge in [-0.3, -0.25) is 4.98 Å². The van der Waals surface area contributed by atoms with Crippen molar-refractivity contribution in [3.05, 3.63) is 24.0 Å². The van der Waals surface area contributed by atoms with Crippen LogP contribution in [0.25, 0.3) is 0 Å². The van der Waals surface area contributed by atoms with Crippen LogP contribution in [-0.2, 0) is 0 Å². The van der Waals surface area contributed by atoms with Crippen molar-refractivity contribution in [3.63, 3.8) is 0 Å². The molecule has 76 valence electrons. The van der Waals surface area contributed by atoms with Gasteiger partial charge in [-0.2, -0.15) is 10.5 Å². The van der Waals surface area contributed by atoms with E-state index in [1.54, 1.807) is 18.5 Å². The maximum absolute atomic E-state index is 8.92. The van der Waals surface area contributed by atoms with E-state index in [4.69, 9.17) is 10.5 Å². The molecule has 0 aliphatic carbocycles. The first-order valence-corrected chi connectivity index (χ1v) is 4.79. The fraction of sp³-hybridized carbons (Fsp3) is 0.364. The van der Waals surface area contributed by atoms with Gasteiger partial charge in [0.2, 0.25) is 0 Å². The van der Waals surface area contributed by atoms with Crippen LogP contribution in [0.2, 0.25) is 0 Å². The topological polar surface area (TPSA) is 63.7 Å². The molecule has 1 heterocycles. The van der Waals surface area contributed by atoms with E-state index in [1.807, 2.05) is 11.8 Å². The van der Waals surface area contributed by atoms with Crippen LogP contribution < -0.4 is 4.90 Å². The van der Waals surface area contributed by atoms with Crippen LogP contribution in [0, 0.1) is 22.7 Å². The van der Waals surface area contributed by atoms with Gasteiger partial charge in [0.15, 0.2) is 0 Å². The predicted octanol–water partition coefficient (Wildman–Crippen LogP) is 1.69. The fourth-order valence-corrected chi connectivity index (χ4v) is 1.37. The van der Waals surface area contributed by atoms with Gasteiger partial charge in [0.1, 0.15) is 6.07 Å². The van der Waals surface area contributed by atoms with Crippen molar-refractivity contribution in [2.24, 2.45) is 0 Å². The van der Waals surface area contributed by atoms with Crippen molar-refractivity contribution in [1.29, 1.82) is 10.5 Å². The molecule has 0 radical (unpaired) electrons. The second kappa shape index (κ2) is 5.62. The molecule has 0 spiro atoms. The number of rotatable bonds is 4. The van der Waals surface area contributed by atoms with Gasteiger partial charge < -0.3 is 4.90 Å². The highest BCUT2D eigenvalue weighted by atomic mass is 15.1. The average molecular weight is 200 g/mol. The maximum atomic E-state index is 8.92. The third-order valence-corrected chi connectivity index (χ3v) is 2.14. The van der Waals surface area contributed by atoms with Gasteiger partial charge in [-0.25, -0.2) is 0 Å². The third-order valence-electron chi connectivity index (χ3n) is 2.14. The molecule has 0 aliphatic heterocycles. The molecule has 15 heavy (non-hydrogen) atoms. The second-order valence-corrected chi connectivity index (χ2v) is 2.99. The van der Waals surface area contributed by atoms with E-state index >= 15 is 0 Å². The van der Waals surface area contributed by atoms with Crippen LogP contribution in [0.1, 0.15) is 18.9 Å². The van der Waals surface area contributed by atoms with E-state index in [0.29, 0.717) is 18.5 Å². The van der Waals surface area contributed by atoms with Crippen molar-refractivity contribution in [2.45, 2.75) is 13.3 Å². The number of aromatic nitrogens is 1. The van der Waals surface area contributed by atoms with Gasteiger partial charge in [-0.05, 0) is 13.0 Å². The summed E-state index contributed by atoms with van der Waals surface area (Å²) < 4.78 is 0. The minimum Gasteiger partial charge on any atom is -0.368 e. The normalized spacial score (nSPS) is 9.00. The number of anilines is 1. The Morgan fingerprint density at radius 3 is 2.87 bits per heavy atom. The Bertz CT molecular complexity index is 400. The Morgan fingerprint density at radius 1 is 1.47 bits per heavy atom. The lowest BCUT2D eigenvalue weighted by molar-refractivity contribution is 0.823. The number of nitriles is 2. The van der Waals surface area contributed by atoms with Gasteiger partial charge in [0, 0.05) is 19.3 Å². The van der Waals surface area contributed by atoms with E-state index in [2.05, 4.69) is 17.1 Å². The summed E-state index contributed by atoms with van der Waals surface area (Å²) in [6.07, 6.45) is 3.72. The predicted molar refractivity (Wildman–Crippen MR) is 57.1 cm³/mol. The molecular weight excluding hydrogens is 188 g/mol. The van der Waals surface area contributed by atoms with Gasteiger partial charge in [0.25, 0.3) is 0 Å². The molecule has 0 fully saturated rings. The highest BCUT2D eigenvalue weighted by molar-refractivity contribution is 5.57. The smallest absolute Gasteiger partial charge is 0.101 e. The summed E-state index contributed by atoms with van der Waals surface area (Å²) in [4.78, 5) is 5.98. The summed E-state index contributed by atoms with van der Waals surface area (Å²) in [5, 5.41) is 17.4. The van der Waals surface area contributed by atoms with Crippen molar-refractivity contribution in [2.75, 3.05) is 18.0 Å². The summed E-state index contributed by atoms with van der Waals surface area (Å²) in [7, 11) is 0. The summed E-state index contributed by atoms with van der Waals surface area (Å²) in [6, 6.07) is 5.90. The molecule has 4 heteroatoms. The van der Waals surface area contributed by atoms with Crippen molar-refractivity contribution < 1.29 is 0 Å².